The third-order valence-electron chi connectivity index (χ3n) is 2.09. The zero-order valence-electron chi connectivity index (χ0n) is 7.99. The number of halogens is 1. The number of cyclic esters (lactones) is 1. The number of methoxy groups -OCH3 is 1. The number of nitrogens with zero attached hydrogens (tertiary/aromatic N) is 1. The normalized spacial score (nSPS) is 19.6. The van der Waals surface area contributed by atoms with Crippen LogP contribution >= 0.6 is 15.9 Å². The molecule has 80 valence electrons. The van der Waals surface area contributed by atoms with Crippen LogP contribution in [0, 0.1) is 0 Å². The van der Waals surface area contributed by atoms with Gasteiger partial charge >= 0.3 is 6.09 Å². The molecule has 1 fully saturated rings. The van der Waals surface area contributed by atoms with Crippen molar-refractivity contribution in [3.8, 4) is 5.88 Å². The Balaban J connectivity index is 2.33. The van der Waals surface area contributed by atoms with E-state index in [1.807, 2.05) is 6.07 Å². The van der Waals surface area contributed by atoms with E-state index in [1.54, 1.807) is 6.20 Å². The number of hydrogen-bond donors (Lipinski definition) is 1. The summed E-state index contributed by atoms with van der Waals surface area (Å²) in [6, 6.07) is 1.66. The van der Waals surface area contributed by atoms with Gasteiger partial charge in [-0.1, -0.05) is 0 Å². The van der Waals surface area contributed by atoms with Crippen LogP contribution in [0.1, 0.15) is 11.6 Å². The number of amides is 1. The van der Waals surface area contributed by atoms with Crippen LogP contribution in [0.3, 0.4) is 0 Å². The number of ether oxygens (including phenoxy) is 2. The second kappa shape index (κ2) is 4.06. The van der Waals surface area contributed by atoms with Crippen molar-refractivity contribution in [3.05, 3.63) is 22.3 Å². The quantitative estimate of drug-likeness (QED) is 0.889. The van der Waals surface area contributed by atoms with Crippen molar-refractivity contribution in [2.45, 2.75) is 6.04 Å². The molecule has 6 heteroatoms. The highest BCUT2D eigenvalue weighted by atomic mass is 79.9. The molecular formula is C9H9BrN2O3. The topological polar surface area (TPSA) is 60.5 Å². The minimum atomic E-state index is -0.415. The minimum Gasteiger partial charge on any atom is -0.481 e. The largest absolute Gasteiger partial charge is 0.481 e. The Hall–Kier alpha value is -1.30. The zero-order chi connectivity index (χ0) is 10.8. The molecule has 1 aromatic rings. The number of pyridine rings is 1. The molecule has 0 radical (unpaired) electrons. The van der Waals surface area contributed by atoms with Gasteiger partial charge in [-0.05, 0) is 22.0 Å². The maximum absolute atomic E-state index is 10.9. The Morgan fingerprint density at radius 1 is 1.73 bits per heavy atom. The Morgan fingerprint density at radius 2 is 2.53 bits per heavy atom. The number of carbonyl (C=O) groups is 1. The first-order valence-electron chi connectivity index (χ1n) is 4.33. The number of aromatic nitrogens is 1. The van der Waals surface area contributed by atoms with Crippen LogP contribution in [-0.2, 0) is 4.74 Å². The molecule has 1 amide bonds. The summed E-state index contributed by atoms with van der Waals surface area (Å²) in [4.78, 5) is 15.0. The zero-order valence-corrected chi connectivity index (χ0v) is 9.58. The SMILES string of the molecule is COc1ncc(Br)cc1C1COC(=O)N1. The molecule has 1 saturated heterocycles. The number of hydrogen-bond acceptors (Lipinski definition) is 4. The fraction of sp³-hybridized carbons (Fsp3) is 0.333. The second-order valence-electron chi connectivity index (χ2n) is 3.05. The standard InChI is InChI=1S/C9H9BrN2O3/c1-14-8-6(2-5(10)3-11-8)7-4-15-9(13)12-7/h2-3,7H,4H2,1H3,(H,12,13). The first-order valence-corrected chi connectivity index (χ1v) is 5.12. The van der Waals surface area contributed by atoms with Crippen LogP contribution in [0.4, 0.5) is 4.79 Å². The van der Waals surface area contributed by atoms with Gasteiger partial charge in [-0.3, -0.25) is 0 Å². The van der Waals surface area contributed by atoms with Crippen LogP contribution in [0.2, 0.25) is 0 Å². The van der Waals surface area contributed by atoms with Gasteiger partial charge < -0.3 is 14.8 Å². The van der Waals surface area contributed by atoms with E-state index >= 15 is 0 Å². The summed E-state index contributed by atoms with van der Waals surface area (Å²) in [6.45, 7) is 0.299. The average molecular weight is 273 g/mol. The van der Waals surface area contributed by atoms with Crippen LogP contribution in [-0.4, -0.2) is 24.8 Å². The molecule has 0 aromatic carbocycles. The molecule has 0 spiro atoms. The summed E-state index contributed by atoms with van der Waals surface area (Å²) in [7, 11) is 1.54. The van der Waals surface area contributed by atoms with Crippen molar-refractivity contribution in [2.75, 3.05) is 13.7 Å². The van der Waals surface area contributed by atoms with Crippen LogP contribution in [0.5, 0.6) is 5.88 Å². The van der Waals surface area contributed by atoms with Crippen molar-refractivity contribution in [3.63, 3.8) is 0 Å². The Bertz CT molecular complexity index is 397. The molecule has 2 rings (SSSR count). The minimum absolute atomic E-state index is 0.197. The lowest BCUT2D eigenvalue weighted by Gasteiger charge is -2.11. The highest BCUT2D eigenvalue weighted by molar-refractivity contribution is 9.10. The predicted molar refractivity (Wildman–Crippen MR) is 55.7 cm³/mol. The van der Waals surface area contributed by atoms with Crippen LogP contribution in [0.15, 0.2) is 16.7 Å². The van der Waals surface area contributed by atoms with E-state index in [1.165, 1.54) is 7.11 Å². The van der Waals surface area contributed by atoms with Gasteiger partial charge in [0.05, 0.1) is 13.2 Å². The van der Waals surface area contributed by atoms with E-state index in [-0.39, 0.29) is 6.04 Å². The van der Waals surface area contributed by atoms with Crippen molar-refractivity contribution in [1.82, 2.24) is 10.3 Å². The molecule has 1 aliphatic rings. The van der Waals surface area contributed by atoms with Gasteiger partial charge in [0.25, 0.3) is 0 Å². The van der Waals surface area contributed by atoms with Gasteiger partial charge in [0.2, 0.25) is 5.88 Å². The molecule has 0 saturated carbocycles. The molecule has 5 nitrogen and oxygen atoms in total. The maximum atomic E-state index is 10.9. The first kappa shape index (κ1) is 10.2. The highest BCUT2D eigenvalue weighted by Crippen LogP contribution is 2.28. The van der Waals surface area contributed by atoms with Crippen LogP contribution < -0.4 is 10.1 Å². The van der Waals surface area contributed by atoms with Crippen LogP contribution in [0.25, 0.3) is 0 Å². The lowest BCUT2D eigenvalue weighted by atomic mass is 10.1. The molecule has 1 unspecified atom stereocenters. The summed E-state index contributed by atoms with van der Waals surface area (Å²) in [6.07, 6.45) is 1.22. The molecular weight excluding hydrogens is 264 g/mol. The molecule has 15 heavy (non-hydrogen) atoms. The van der Waals surface area contributed by atoms with Gasteiger partial charge in [0, 0.05) is 16.2 Å². The van der Waals surface area contributed by atoms with Gasteiger partial charge in [-0.2, -0.15) is 0 Å². The van der Waals surface area contributed by atoms with Gasteiger partial charge in [0.1, 0.15) is 6.61 Å². The van der Waals surface area contributed by atoms with E-state index in [0.29, 0.717) is 12.5 Å². The second-order valence-corrected chi connectivity index (χ2v) is 3.96. The average Bonchev–Trinajstić information content (AvgIpc) is 2.65. The van der Waals surface area contributed by atoms with Gasteiger partial charge in [-0.15, -0.1) is 0 Å². The van der Waals surface area contributed by atoms with Gasteiger partial charge in [-0.25, -0.2) is 9.78 Å². The Morgan fingerprint density at radius 3 is 3.13 bits per heavy atom. The van der Waals surface area contributed by atoms with Gasteiger partial charge in [0.15, 0.2) is 0 Å². The summed E-state index contributed by atoms with van der Waals surface area (Å²) >= 11 is 3.32. The number of nitrogens with one attached hydrogen (secondary N) is 1. The summed E-state index contributed by atoms with van der Waals surface area (Å²) in [5.41, 5.74) is 0.803. The lowest BCUT2D eigenvalue weighted by Crippen LogP contribution is -2.19. The monoisotopic (exact) mass is 272 g/mol. The van der Waals surface area contributed by atoms with Crippen molar-refractivity contribution < 1.29 is 14.3 Å². The highest BCUT2D eigenvalue weighted by Gasteiger charge is 2.27. The molecule has 1 N–H and O–H groups in total. The van der Waals surface area contributed by atoms with E-state index in [9.17, 15) is 4.79 Å². The summed E-state index contributed by atoms with van der Waals surface area (Å²) < 4.78 is 10.8. The molecule has 1 atom stereocenters. The molecule has 0 aliphatic carbocycles. The smallest absolute Gasteiger partial charge is 0.407 e. The summed E-state index contributed by atoms with van der Waals surface area (Å²) in [5.74, 6) is 0.494. The first-order chi connectivity index (χ1) is 7.20. The molecule has 1 aliphatic heterocycles. The number of rotatable bonds is 2. The van der Waals surface area contributed by atoms with E-state index in [4.69, 9.17) is 9.47 Å². The predicted octanol–water partition coefficient (Wildman–Crippen LogP) is 1.63. The fourth-order valence-electron chi connectivity index (χ4n) is 1.41. The van der Waals surface area contributed by atoms with Crippen molar-refractivity contribution >= 4 is 22.0 Å². The van der Waals surface area contributed by atoms with Crippen molar-refractivity contribution in [1.29, 1.82) is 0 Å². The number of carbonyl (C=O) groups excluding carboxylic acids is 1. The third-order valence-corrected chi connectivity index (χ3v) is 2.52. The Labute approximate surface area is 94.9 Å². The van der Waals surface area contributed by atoms with E-state index in [2.05, 4.69) is 26.2 Å². The summed E-state index contributed by atoms with van der Waals surface area (Å²) in [5, 5.41) is 2.67. The number of alkyl carbamates (subject to hydrolysis) is 1. The maximum Gasteiger partial charge on any atom is 0.407 e. The molecule has 0 bridgehead atoms. The molecule has 1 aromatic heterocycles. The fourth-order valence-corrected chi connectivity index (χ4v) is 1.76. The molecule has 2 heterocycles. The van der Waals surface area contributed by atoms with E-state index in [0.717, 1.165) is 10.0 Å². The van der Waals surface area contributed by atoms with E-state index < -0.39 is 6.09 Å². The lowest BCUT2D eigenvalue weighted by molar-refractivity contribution is 0.176. The Kier molecular flexibility index (Phi) is 2.77. The third kappa shape index (κ3) is 2.04. The van der Waals surface area contributed by atoms with Crippen molar-refractivity contribution in [2.24, 2.45) is 0 Å².